The summed E-state index contributed by atoms with van der Waals surface area (Å²) in [5.74, 6) is 1.30. The van der Waals surface area contributed by atoms with Gasteiger partial charge in [-0.15, -0.1) is 0 Å². The fraction of sp³-hybridized carbons (Fsp3) is 0.250. The summed E-state index contributed by atoms with van der Waals surface area (Å²) in [4.78, 5) is 30.4. The highest BCUT2D eigenvalue weighted by Crippen LogP contribution is 2.35. The molecule has 3 heterocycles. The Morgan fingerprint density at radius 2 is 1.95 bits per heavy atom. The second-order valence-electron chi connectivity index (χ2n) is 8.61. The molecule has 37 heavy (non-hydrogen) atoms. The molecule has 9 heteroatoms. The van der Waals surface area contributed by atoms with Crippen LogP contribution in [0.3, 0.4) is 0 Å². The van der Waals surface area contributed by atoms with Crippen LogP contribution in [0.25, 0.3) is 22.2 Å². The van der Waals surface area contributed by atoms with E-state index in [0.29, 0.717) is 18.7 Å². The van der Waals surface area contributed by atoms with Crippen LogP contribution in [-0.4, -0.2) is 39.3 Å². The third-order valence-electron chi connectivity index (χ3n) is 5.74. The number of hydrogen-bond acceptors (Lipinski definition) is 6. The maximum atomic E-state index is 11.9. The van der Waals surface area contributed by atoms with Crippen molar-refractivity contribution >= 4 is 40.7 Å². The van der Waals surface area contributed by atoms with Gasteiger partial charge in [-0.3, -0.25) is 9.59 Å². The van der Waals surface area contributed by atoms with Crippen molar-refractivity contribution in [3.8, 4) is 11.1 Å². The van der Waals surface area contributed by atoms with Crippen LogP contribution >= 0.6 is 0 Å². The lowest BCUT2D eigenvalue weighted by molar-refractivity contribution is -0.117. The number of fused-ring (bicyclic) bond motifs is 1. The minimum atomic E-state index is -0.144. The summed E-state index contributed by atoms with van der Waals surface area (Å²) in [6, 6.07) is 14.3. The Morgan fingerprint density at radius 1 is 1.16 bits per heavy atom. The Hall–Kier alpha value is -4.53. The van der Waals surface area contributed by atoms with E-state index in [0.717, 1.165) is 46.1 Å². The molecule has 0 atom stereocenters. The molecule has 9 nitrogen and oxygen atoms in total. The fourth-order valence-electron chi connectivity index (χ4n) is 4.17. The largest absolute Gasteiger partial charge is 0.361 e. The van der Waals surface area contributed by atoms with Crippen LogP contribution in [-0.2, 0) is 16.1 Å². The first-order valence-corrected chi connectivity index (χ1v) is 12.1. The highest BCUT2D eigenvalue weighted by molar-refractivity contribution is 6.02. The second kappa shape index (κ2) is 11.5. The number of aromatic nitrogens is 3. The van der Waals surface area contributed by atoms with Crippen molar-refractivity contribution in [3.05, 3.63) is 71.6 Å². The Kier molecular flexibility index (Phi) is 7.92. The SMILES string of the molecule is CCNc1nc2c(NC(C)=O)cc(-c3c(C)noc3C)cc2n1Cc1ccccc1.O=C1CC=CC=N1. The molecule has 0 radical (unpaired) electrons. The van der Waals surface area contributed by atoms with E-state index in [2.05, 4.69) is 43.5 Å². The van der Waals surface area contributed by atoms with Gasteiger partial charge in [0.2, 0.25) is 17.8 Å². The monoisotopic (exact) mass is 498 g/mol. The van der Waals surface area contributed by atoms with Crippen molar-refractivity contribution in [2.75, 3.05) is 17.2 Å². The van der Waals surface area contributed by atoms with Crippen molar-refractivity contribution in [1.29, 1.82) is 0 Å². The van der Waals surface area contributed by atoms with Gasteiger partial charge in [0, 0.05) is 31.7 Å². The standard InChI is InChI=1S/C23H25N5O2.C5H5NO/c1-5-24-23-26-22-19(25-16(4)29)11-18(21-14(2)27-30-15(21)3)12-20(22)28(23)13-17-9-7-6-8-10-17;7-5-3-1-2-4-6-5/h6-12H,5,13H2,1-4H3,(H,24,26)(H,25,29);1-2,4H,3H2. The van der Waals surface area contributed by atoms with Gasteiger partial charge in [0.25, 0.3) is 0 Å². The van der Waals surface area contributed by atoms with Crippen molar-refractivity contribution < 1.29 is 14.1 Å². The number of carbonyl (C=O) groups excluding carboxylic acids is 2. The van der Waals surface area contributed by atoms with Crippen LogP contribution < -0.4 is 10.6 Å². The van der Waals surface area contributed by atoms with E-state index in [1.165, 1.54) is 18.7 Å². The number of carbonyl (C=O) groups is 2. The molecule has 4 aromatic rings. The molecule has 2 aromatic heterocycles. The molecular weight excluding hydrogens is 468 g/mol. The summed E-state index contributed by atoms with van der Waals surface area (Å²) in [6.45, 7) is 8.74. The molecule has 0 spiro atoms. The molecule has 5 rings (SSSR count). The first kappa shape index (κ1) is 25.6. The van der Waals surface area contributed by atoms with Crippen LogP contribution in [0, 0.1) is 13.8 Å². The zero-order valence-corrected chi connectivity index (χ0v) is 21.4. The molecule has 0 unspecified atom stereocenters. The van der Waals surface area contributed by atoms with Crippen LogP contribution in [0.15, 0.2) is 64.1 Å². The number of nitrogens with zero attached hydrogens (tertiary/aromatic N) is 4. The van der Waals surface area contributed by atoms with Gasteiger partial charge in [-0.1, -0.05) is 41.6 Å². The maximum absolute atomic E-state index is 11.9. The van der Waals surface area contributed by atoms with E-state index >= 15 is 0 Å². The number of nitrogens with one attached hydrogen (secondary N) is 2. The van der Waals surface area contributed by atoms with Gasteiger partial charge < -0.3 is 19.7 Å². The number of anilines is 2. The molecule has 0 aliphatic carbocycles. The Morgan fingerprint density at radius 3 is 2.51 bits per heavy atom. The normalized spacial score (nSPS) is 12.4. The number of hydrogen-bond donors (Lipinski definition) is 2. The minimum absolute atomic E-state index is 0.0532. The number of allylic oxidation sites excluding steroid dienone is 1. The summed E-state index contributed by atoms with van der Waals surface area (Å²) in [6.07, 6.45) is 5.53. The van der Waals surface area contributed by atoms with E-state index in [1.54, 1.807) is 12.2 Å². The lowest BCUT2D eigenvalue weighted by Crippen LogP contribution is -2.08. The highest BCUT2D eigenvalue weighted by Gasteiger charge is 2.19. The van der Waals surface area contributed by atoms with Crippen LogP contribution in [0.4, 0.5) is 11.6 Å². The predicted molar refractivity (Wildman–Crippen MR) is 146 cm³/mol. The molecule has 0 saturated heterocycles. The number of aliphatic imine (C=N–C) groups is 1. The van der Waals surface area contributed by atoms with Crippen molar-refractivity contribution in [1.82, 2.24) is 14.7 Å². The second-order valence-corrected chi connectivity index (χ2v) is 8.61. The third kappa shape index (κ3) is 6.00. The summed E-state index contributed by atoms with van der Waals surface area (Å²) >= 11 is 0. The molecule has 0 saturated carbocycles. The van der Waals surface area contributed by atoms with E-state index < -0.39 is 0 Å². The van der Waals surface area contributed by atoms with Gasteiger partial charge in [0.1, 0.15) is 11.3 Å². The number of dihydropyridines is 1. The number of rotatable bonds is 6. The zero-order valence-electron chi connectivity index (χ0n) is 21.4. The smallest absolute Gasteiger partial charge is 0.249 e. The topological polar surface area (TPSA) is 114 Å². The number of aryl methyl sites for hydroxylation is 2. The van der Waals surface area contributed by atoms with Gasteiger partial charge in [-0.2, -0.15) is 0 Å². The van der Waals surface area contributed by atoms with Crippen LogP contribution in [0.2, 0.25) is 0 Å². The molecule has 1 aliphatic rings. The van der Waals surface area contributed by atoms with Gasteiger partial charge >= 0.3 is 0 Å². The van der Waals surface area contributed by atoms with Gasteiger partial charge in [0.15, 0.2) is 0 Å². The van der Waals surface area contributed by atoms with Crippen molar-refractivity contribution in [3.63, 3.8) is 0 Å². The van der Waals surface area contributed by atoms with Crippen molar-refractivity contribution in [2.24, 2.45) is 4.99 Å². The molecule has 1 aliphatic heterocycles. The quantitative estimate of drug-likeness (QED) is 0.373. The van der Waals surface area contributed by atoms with Crippen LogP contribution in [0.1, 0.15) is 37.3 Å². The average Bonchev–Trinajstić information content (AvgIpc) is 3.39. The average molecular weight is 499 g/mol. The fourth-order valence-corrected chi connectivity index (χ4v) is 4.17. The van der Waals surface area contributed by atoms with E-state index in [1.807, 2.05) is 45.0 Å². The first-order valence-electron chi connectivity index (χ1n) is 12.1. The van der Waals surface area contributed by atoms with Crippen molar-refractivity contribution in [2.45, 2.75) is 40.7 Å². The van der Waals surface area contributed by atoms with E-state index in [-0.39, 0.29) is 11.8 Å². The number of benzene rings is 2. The molecule has 2 N–H and O–H groups in total. The van der Waals surface area contributed by atoms with Gasteiger partial charge in [0.05, 0.1) is 23.4 Å². The number of amides is 2. The number of imidazole rings is 1. The Bertz CT molecular complexity index is 1460. The summed E-state index contributed by atoms with van der Waals surface area (Å²) in [5.41, 5.74) is 6.17. The highest BCUT2D eigenvalue weighted by atomic mass is 16.5. The minimum Gasteiger partial charge on any atom is -0.361 e. The van der Waals surface area contributed by atoms with Gasteiger partial charge in [-0.25, -0.2) is 9.98 Å². The zero-order chi connectivity index (χ0) is 26.4. The molecule has 0 bridgehead atoms. The molecule has 2 amide bonds. The van der Waals surface area contributed by atoms with Gasteiger partial charge in [-0.05, 0) is 50.1 Å². The lowest BCUT2D eigenvalue weighted by Gasteiger charge is -2.12. The summed E-state index contributed by atoms with van der Waals surface area (Å²) < 4.78 is 7.52. The van der Waals surface area contributed by atoms with Crippen LogP contribution in [0.5, 0.6) is 0 Å². The molecule has 190 valence electrons. The predicted octanol–water partition coefficient (Wildman–Crippen LogP) is 5.29. The molecule has 2 aromatic carbocycles. The maximum Gasteiger partial charge on any atom is 0.249 e. The molecular formula is C28H30N6O3. The Labute approximate surface area is 215 Å². The third-order valence-corrected chi connectivity index (χ3v) is 5.74. The van der Waals surface area contributed by atoms with E-state index in [9.17, 15) is 9.59 Å². The Balaban J connectivity index is 0.000000396. The summed E-state index contributed by atoms with van der Waals surface area (Å²) in [5, 5.41) is 10.4. The first-order chi connectivity index (χ1) is 17.9. The molecule has 0 fully saturated rings. The van der Waals surface area contributed by atoms with E-state index in [4.69, 9.17) is 9.51 Å². The lowest BCUT2D eigenvalue weighted by atomic mass is 10.0. The summed E-state index contributed by atoms with van der Waals surface area (Å²) in [7, 11) is 0.